The van der Waals surface area contributed by atoms with Crippen molar-refractivity contribution in [2.75, 3.05) is 0 Å². The first-order chi connectivity index (χ1) is 7.59. The summed E-state index contributed by atoms with van der Waals surface area (Å²) in [4.78, 5) is 0.0346. The van der Waals surface area contributed by atoms with E-state index in [0.29, 0.717) is 12.0 Å². The van der Waals surface area contributed by atoms with Gasteiger partial charge in [0.1, 0.15) is 0 Å². The van der Waals surface area contributed by atoms with Crippen molar-refractivity contribution in [2.24, 2.45) is 5.41 Å². The summed E-state index contributed by atoms with van der Waals surface area (Å²) in [5.74, 6) is 0. The molecule has 0 fully saturated rings. The Morgan fingerprint density at radius 3 is 2.29 bits per heavy atom. The molecule has 0 aliphatic carbocycles. The van der Waals surface area contributed by atoms with Gasteiger partial charge in [-0.2, -0.15) is 8.42 Å². The molecule has 1 N–H and O–H groups in total. The van der Waals surface area contributed by atoms with Gasteiger partial charge in [-0.25, -0.2) is 0 Å². The second kappa shape index (κ2) is 4.78. The summed E-state index contributed by atoms with van der Waals surface area (Å²) >= 11 is 0. The van der Waals surface area contributed by atoms with E-state index < -0.39 is 10.1 Å². The van der Waals surface area contributed by atoms with Gasteiger partial charge in [-0.15, -0.1) is 0 Å². The largest absolute Gasteiger partial charge is 0.294 e. The average Bonchev–Trinajstić information content (AvgIpc) is 2.11. The zero-order valence-electron chi connectivity index (χ0n) is 10.8. The van der Waals surface area contributed by atoms with Crippen LogP contribution in [0.1, 0.15) is 38.3 Å². The minimum Gasteiger partial charge on any atom is -0.282 e. The molecule has 0 spiro atoms. The van der Waals surface area contributed by atoms with Crippen LogP contribution in [0.4, 0.5) is 0 Å². The molecule has 0 aliphatic heterocycles. The van der Waals surface area contributed by atoms with Gasteiger partial charge in [0.05, 0.1) is 4.90 Å². The summed E-state index contributed by atoms with van der Waals surface area (Å²) in [5.41, 5.74) is 1.84. The monoisotopic (exact) mass is 256 g/mol. The molecule has 3 nitrogen and oxygen atoms in total. The van der Waals surface area contributed by atoms with Gasteiger partial charge in [-0.3, -0.25) is 4.55 Å². The maximum absolute atomic E-state index is 11.2. The molecule has 0 heterocycles. The number of rotatable bonds is 3. The van der Waals surface area contributed by atoms with Gasteiger partial charge < -0.3 is 0 Å². The summed E-state index contributed by atoms with van der Waals surface area (Å²) in [5, 5.41) is 0. The Labute approximate surface area is 104 Å². The summed E-state index contributed by atoms with van der Waals surface area (Å²) in [6.07, 6.45) is 1.53. The highest BCUT2D eigenvalue weighted by Crippen LogP contribution is 2.25. The molecule has 0 amide bonds. The minimum atomic E-state index is -4.12. The smallest absolute Gasteiger partial charge is 0.282 e. The van der Waals surface area contributed by atoms with Crippen molar-refractivity contribution >= 4 is 10.1 Å². The lowest BCUT2D eigenvalue weighted by Crippen LogP contribution is -2.09. The molecule has 0 atom stereocenters. The first-order valence-electron chi connectivity index (χ1n) is 5.67. The third-order valence-electron chi connectivity index (χ3n) is 2.64. The Balaban J connectivity index is 3.09. The highest BCUT2D eigenvalue weighted by atomic mass is 32.2. The van der Waals surface area contributed by atoms with Crippen molar-refractivity contribution in [3.63, 3.8) is 0 Å². The van der Waals surface area contributed by atoms with Crippen molar-refractivity contribution in [1.82, 2.24) is 0 Å². The molecule has 1 aromatic carbocycles. The number of aryl methyl sites for hydroxylation is 2. The van der Waals surface area contributed by atoms with Crippen LogP contribution in [0.25, 0.3) is 0 Å². The average molecular weight is 256 g/mol. The summed E-state index contributed by atoms with van der Waals surface area (Å²) in [7, 11) is -4.12. The molecule has 0 aliphatic rings. The van der Waals surface area contributed by atoms with Gasteiger partial charge in [0.25, 0.3) is 10.1 Å². The van der Waals surface area contributed by atoms with Crippen molar-refractivity contribution in [2.45, 2.75) is 45.4 Å². The molecule has 0 aromatic heterocycles. The lowest BCUT2D eigenvalue weighted by Gasteiger charge is -2.18. The molecule has 0 saturated heterocycles. The molecule has 17 heavy (non-hydrogen) atoms. The zero-order valence-corrected chi connectivity index (χ0v) is 11.6. The van der Waals surface area contributed by atoms with E-state index in [9.17, 15) is 8.42 Å². The van der Waals surface area contributed by atoms with Gasteiger partial charge in [0, 0.05) is 0 Å². The molecule has 1 aromatic rings. The lowest BCUT2D eigenvalue weighted by molar-refractivity contribution is 0.376. The molecule has 1 rings (SSSR count). The van der Waals surface area contributed by atoms with Crippen LogP contribution in [0.15, 0.2) is 23.1 Å². The summed E-state index contributed by atoms with van der Waals surface area (Å²) in [6.45, 7) is 8.23. The van der Waals surface area contributed by atoms with Crippen LogP contribution in [0.5, 0.6) is 0 Å². The van der Waals surface area contributed by atoms with Gasteiger partial charge in [-0.05, 0) is 36.8 Å². The van der Waals surface area contributed by atoms with E-state index in [2.05, 4.69) is 20.8 Å². The lowest BCUT2D eigenvalue weighted by atomic mass is 9.88. The fourth-order valence-corrected chi connectivity index (χ4v) is 2.40. The molecular weight excluding hydrogens is 236 g/mol. The van der Waals surface area contributed by atoms with E-state index in [-0.39, 0.29) is 10.3 Å². The number of benzene rings is 1. The first kappa shape index (κ1) is 14.2. The quantitative estimate of drug-likeness (QED) is 0.845. The predicted octanol–water partition coefficient (Wildman–Crippen LogP) is 3.22. The first-order valence-corrected chi connectivity index (χ1v) is 7.11. The molecular formula is C13H20O3S. The topological polar surface area (TPSA) is 54.4 Å². The standard InChI is InChI=1S/C13H20O3S/c1-10-5-6-12(17(14,15)16)11(9-10)7-8-13(2,3)4/h5-6,9H,7-8H2,1-4H3,(H,14,15,16). The fourth-order valence-electron chi connectivity index (χ4n) is 1.66. The van der Waals surface area contributed by atoms with Crippen molar-refractivity contribution < 1.29 is 13.0 Å². The van der Waals surface area contributed by atoms with Crippen LogP contribution < -0.4 is 0 Å². The minimum absolute atomic E-state index is 0.0346. The van der Waals surface area contributed by atoms with Gasteiger partial charge in [0.2, 0.25) is 0 Å². The van der Waals surface area contributed by atoms with E-state index in [4.69, 9.17) is 4.55 Å². The molecule has 0 bridgehead atoms. The zero-order chi connectivity index (χ0) is 13.3. The van der Waals surface area contributed by atoms with Crippen molar-refractivity contribution in [1.29, 1.82) is 0 Å². The predicted molar refractivity (Wildman–Crippen MR) is 68.8 cm³/mol. The molecule has 4 heteroatoms. The SMILES string of the molecule is Cc1ccc(S(=O)(=O)O)c(CCC(C)(C)C)c1. The number of hydrogen-bond donors (Lipinski definition) is 1. The van der Waals surface area contributed by atoms with Crippen LogP contribution >= 0.6 is 0 Å². The van der Waals surface area contributed by atoms with Crippen LogP contribution in [0, 0.1) is 12.3 Å². The van der Waals surface area contributed by atoms with E-state index in [1.807, 2.05) is 13.0 Å². The maximum atomic E-state index is 11.2. The van der Waals surface area contributed by atoms with E-state index in [1.54, 1.807) is 6.07 Å². The molecule has 0 saturated carbocycles. The Kier molecular flexibility index (Phi) is 3.99. The highest BCUT2D eigenvalue weighted by molar-refractivity contribution is 7.85. The van der Waals surface area contributed by atoms with E-state index in [0.717, 1.165) is 12.0 Å². The van der Waals surface area contributed by atoms with Crippen LogP contribution in [-0.4, -0.2) is 13.0 Å². The second-order valence-corrected chi connectivity index (χ2v) is 7.04. The van der Waals surface area contributed by atoms with Crippen molar-refractivity contribution in [3.8, 4) is 0 Å². The Morgan fingerprint density at radius 1 is 1.24 bits per heavy atom. The van der Waals surface area contributed by atoms with E-state index >= 15 is 0 Å². The van der Waals surface area contributed by atoms with Gasteiger partial charge in [0.15, 0.2) is 0 Å². The summed E-state index contributed by atoms with van der Waals surface area (Å²) in [6, 6.07) is 5.00. The van der Waals surface area contributed by atoms with Crippen LogP contribution in [-0.2, 0) is 16.5 Å². The van der Waals surface area contributed by atoms with Crippen LogP contribution in [0.2, 0.25) is 0 Å². The second-order valence-electron chi connectivity index (χ2n) is 5.65. The van der Waals surface area contributed by atoms with E-state index in [1.165, 1.54) is 6.07 Å². The third-order valence-corrected chi connectivity index (χ3v) is 3.59. The highest BCUT2D eigenvalue weighted by Gasteiger charge is 2.17. The summed E-state index contributed by atoms with van der Waals surface area (Å²) < 4.78 is 31.7. The molecule has 0 unspecified atom stereocenters. The van der Waals surface area contributed by atoms with Crippen LogP contribution in [0.3, 0.4) is 0 Å². The fraction of sp³-hybridized carbons (Fsp3) is 0.538. The maximum Gasteiger partial charge on any atom is 0.294 e. The Bertz CT molecular complexity index is 496. The third kappa shape index (κ3) is 4.48. The normalized spacial score (nSPS) is 12.8. The van der Waals surface area contributed by atoms with Gasteiger partial charge in [-0.1, -0.05) is 38.5 Å². The van der Waals surface area contributed by atoms with Gasteiger partial charge >= 0.3 is 0 Å². The molecule has 0 radical (unpaired) electrons. The Hall–Kier alpha value is -0.870. The molecule has 96 valence electrons. The van der Waals surface area contributed by atoms with Crippen molar-refractivity contribution in [3.05, 3.63) is 29.3 Å². The number of hydrogen-bond acceptors (Lipinski definition) is 2. The Morgan fingerprint density at radius 2 is 1.82 bits per heavy atom.